The first kappa shape index (κ1) is 25.2. The number of carbonyl (C=O) groups excluding carboxylic acids is 1. The molecule has 4 aromatic carbocycles. The van der Waals surface area contributed by atoms with Crippen LogP contribution in [0.3, 0.4) is 0 Å². The minimum Gasteiger partial charge on any atom is -0.478 e. The lowest BCUT2D eigenvalue weighted by Crippen LogP contribution is -2.17. The summed E-state index contributed by atoms with van der Waals surface area (Å²) in [6.45, 7) is 0. The Morgan fingerprint density at radius 1 is 0.622 bits per heavy atom. The van der Waals surface area contributed by atoms with Crippen LogP contribution in [0.25, 0.3) is 0 Å². The van der Waals surface area contributed by atoms with Crippen molar-refractivity contribution in [2.24, 2.45) is 0 Å². The summed E-state index contributed by atoms with van der Waals surface area (Å²) in [5.41, 5.74) is -0.529. The van der Waals surface area contributed by atoms with E-state index < -0.39 is 25.4 Å². The molecule has 0 aromatic heterocycles. The summed E-state index contributed by atoms with van der Waals surface area (Å²) in [4.78, 5) is 35.4. The van der Waals surface area contributed by atoms with E-state index in [0.29, 0.717) is 11.5 Å². The molecule has 4 rings (SSSR count). The number of benzene rings is 4. The highest BCUT2D eigenvalue weighted by molar-refractivity contribution is 7.63. The molecule has 0 atom stereocenters. The molecule has 9 nitrogen and oxygen atoms in total. The lowest BCUT2D eigenvalue weighted by atomic mass is 10.0. The average molecular weight is 517 g/mol. The monoisotopic (exact) mass is 517 g/mol. The molecule has 0 heterocycles. The zero-order valence-electron chi connectivity index (χ0n) is 19.1. The van der Waals surface area contributed by atoms with E-state index >= 15 is 0 Å². The van der Waals surface area contributed by atoms with E-state index in [4.69, 9.17) is 9.05 Å². The van der Waals surface area contributed by atoms with Gasteiger partial charge in [-0.2, -0.15) is 0 Å². The molecule has 0 saturated carbocycles. The van der Waals surface area contributed by atoms with Crippen molar-refractivity contribution in [1.82, 2.24) is 0 Å². The molecular formula is C27H20NO8P. The standard InChI is InChI=1S/C27H20NO8P/c29-25(18-15-19(26(30)31)17-20(16-18)27(32)33)28-21-11-13-24(14-12-21)37(34,35-22-7-3-1-4-8-22)36-23-9-5-2-6-10-23/h1-17H,(H,28,29)(H,30,31)(H,32,33). The Balaban J connectivity index is 1.60. The second-order valence-corrected chi connectivity index (χ2v) is 9.59. The van der Waals surface area contributed by atoms with Crippen LogP contribution in [-0.2, 0) is 4.57 Å². The van der Waals surface area contributed by atoms with Crippen molar-refractivity contribution in [3.8, 4) is 11.5 Å². The Kier molecular flexibility index (Phi) is 7.36. The van der Waals surface area contributed by atoms with Crippen LogP contribution in [0.5, 0.6) is 11.5 Å². The molecule has 0 spiro atoms. The van der Waals surface area contributed by atoms with Crippen LogP contribution in [0.15, 0.2) is 103 Å². The maximum atomic E-state index is 13.9. The van der Waals surface area contributed by atoms with E-state index in [1.54, 1.807) is 60.7 Å². The predicted octanol–water partition coefficient (Wildman–Crippen LogP) is 5.31. The Morgan fingerprint density at radius 2 is 1.05 bits per heavy atom. The third kappa shape index (κ3) is 6.22. The minimum atomic E-state index is -3.91. The highest BCUT2D eigenvalue weighted by Gasteiger charge is 2.31. The van der Waals surface area contributed by atoms with Gasteiger partial charge in [-0.3, -0.25) is 4.79 Å². The summed E-state index contributed by atoms with van der Waals surface area (Å²) in [6.07, 6.45) is 0. The molecule has 10 heteroatoms. The molecule has 0 fully saturated rings. The number of hydrogen-bond acceptors (Lipinski definition) is 6. The number of carbonyl (C=O) groups is 3. The van der Waals surface area contributed by atoms with Gasteiger partial charge in [0.2, 0.25) is 0 Å². The summed E-state index contributed by atoms with van der Waals surface area (Å²) < 4.78 is 25.4. The number of aromatic carboxylic acids is 2. The first-order chi connectivity index (χ1) is 17.7. The Hall–Kier alpha value is -4.88. The third-order valence-electron chi connectivity index (χ3n) is 5.07. The molecule has 0 unspecified atom stereocenters. The number of amides is 1. The molecule has 0 aliphatic carbocycles. The number of anilines is 1. The molecule has 0 saturated heterocycles. The van der Waals surface area contributed by atoms with E-state index in [9.17, 15) is 29.2 Å². The van der Waals surface area contributed by atoms with Gasteiger partial charge in [0.05, 0.1) is 16.4 Å². The maximum absolute atomic E-state index is 13.9. The van der Waals surface area contributed by atoms with Gasteiger partial charge in [0.1, 0.15) is 11.5 Å². The molecule has 4 aromatic rings. The molecule has 3 N–H and O–H groups in total. The van der Waals surface area contributed by atoms with Crippen molar-refractivity contribution >= 4 is 36.4 Å². The lowest BCUT2D eigenvalue weighted by Gasteiger charge is -2.20. The van der Waals surface area contributed by atoms with Gasteiger partial charge in [-0.15, -0.1) is 0 Å². The van der Waals surface area contributed by atoms with Gasteiger partial charge in [-0.25, -0.2) is 14.2 Å². The highest BCUT2D eigenvalue weighted by Crippen LogP contribution is 2.47. The van der Waals surface area contributed by atoms with E-state index in [1.165, 1.54) is 24.3 Å². The van der Waals surface area contributed by atoms with Crippen LogP contribution in [0.4, 0.5) is 5.69 Å². The molecule has 0 radical (unpaired) electrons. The van der Waals surface area contributed by atoms with Crippen LogP contribution in [0.2, 0.25) is 0 Å². The zero-order valence-corrected chi connectivity index (χ0v) is 20.0. The first-order valence-electron chi connectivity index (χ1n) is 10.9. The van der Waals surface area contributed by atoms with Gasteiger partial charge in [-0.1, -0.05) is 36.4 Å². The largest absolute Gasteiger partial charge is 0.478 e. The Morgan fingerprint density at radius 3 is 1.49 bits per heavy atom. The molecule has 1 amide bonds. The Labute approximate surface area is 211 Å². The van der Waals surface area contributed by atoms with Gasteiger partial charge in [0, 0.05) is 11.3 Å². The molecule has 0 bridgehead atoms. The van der Waals surface area contributed by atoms with E-state index in [0.717, 1.165) is 18.2 Å². The van der Waals surface area contributed by atoms with Crippen molar-refractivity contribution in [3.05, 3.63) is 120 Å². The van der Waals surface area contributed by atoms with Gasteiger partial charge in [0.25, 0.3) is 5.91 Å². The molecule has 37 heavy (non-hydrogen) atoms. The number of para-hydroxylation sites is 2. The van der Waals surface area contributed by atoms with Gasteiger partial charge in [0.15, 0.2) is 0 Å². The van der Waals surface area contributed by atoms with Gasteiger partial charge in [-0.05, 0) is 66.7 Å². The van der Waals surface area contributed by atoms with Crippen LogP contribution in [-0.4, -0.2) is 28.1 Å². The topological polar surface area (TPSA) is 139 Å². The molecule has 0 aliphatic rings. The maximum Gasteiger partial charge on any atom is 0.462 e. The second kappa shape index (κ2) is 10.8. The third-order valence-corrected chi connectivity index (χ3v) is 6.90. The fraction of sp³-hybridized carbons (Fsp3) is 0. The summed E-state index contributed by atoms with van der Waals surface area (Å²) in [6, 6.07) is 26.1. The molecule has 186 valence electrons. The van der Waals surface area contributed by atoms with E-state index in [-0.39, 0.29) is 27.7 Å². The van der Waals surface area contributed by atoms with Crippen molar-refractivity contribution < 1.29 is 38.2 Å². The number of rotatable bonds is 9. The van der Waals surface area contributed by atoms with Crippen molar-refractivity contribution in [3.63, 3.8) is 0 Å². The first-order valence-corrected chi connectivity index (χ1v) is 12.4. The van der Waals surface area contributed by atoms with Gasteiger partial charge >= 0.3 is 19.5 Å². The zero-order chi connectivity index (χ0) is 26.4. The summed E-state index contributed by atoms with van der Waals surface area (Å²) in [7, 11) is -3.91. The summed E-state index contributed by atoms with van der Waals surface area (Å²) >= 11 is 0. The van der Waals surface area contributed by atoms with Crippen LogP contribution < -0.4 is 19.7 Å². The van der Waals surface area contributed by atoms with E-state index in [2.05, 4.69) is 5.32 Å². The normalized spacial score (nSPS) is 10.8. The number of hydrogen-bond donors (Lipinski definition) is 3. The molecular weight excluding hydrogens is 497 g/mol. The van der Waals surface area contributed by atoms with Crippen LogP contribution in [0.1, 0.15) is 31.1 Å². The number of carboxylic acid groups (broad SMARTS) is 2. The predicted molar refractivity (Wildman–Crippen MR) is 136 cm³/mol. The summed E-state index contributed by atoms with van der Waals surface area (Å²) in [5, 5.41) is 21.3. The summed E-state index contributed by atoms with van der Waals surface area (Å²) in [5.74, 6) is -2.77. The van der Waals surface area contributed by atoms with Crippen LogP contribution in [0, 0.1) is 0 Å². The minimum absolute atomic E-state index is 0.146. The fourth-order valence-electron chi connectivity index (χ4n) is 3.30. The number of carboxylic acids is 2. The van der Waals surface area contributed by atoms with E-state index in [1.807, 2.05) is 0 Å². The highest BCUT2D eigenvalue weighted by atomic mass is 31.2. The lowest BCUT2D eigenvalue weighted by molar-refractivity contribution is 0.0696. The Bertz CT molecular complexity index is 1410. The van der Waals surface area contributed by atoms with Crippen LogP contribution >= 0.6 is 7.60 Å². The second-order valence-electron chi connectivity index (χ2n) is 7.72. The van der Waals surface area contributed by atoms with Crippen molar-refractivity contribution in [2.75, 3.05) is 5.32 Å². The SMILES string of the molecule is O=C(O)c1cc(C(=O)O)cc(C(=O)Nc2ccc(P(=O)(Oc3ccccc3)Oc3ccccc3)cc2)c1. The van der Waals surface area contributed by atoms with Crippen molar-refractivity contribution in [1.29, 1.82) is 0 Å². The molecule has 0 aliphatic heterocycles. The average Bonchev–Trinajstić information content (AvgIpc) is 2.89. The van der Waals surface area contributed by atoms with Gasteiger partial charge < -0.3 is 24.6 Å². The smallest absolute Gasteiger partial charge is 0.462 e. The number of nitrogens with one attached hydrogen (secondary N) is 1. The quantitative estimate of drug-likeness (QED) is 0.254. The van der Waals surface area contributed by atoms with Crippen molar-refractivity contribution in [2.45, 2.75) is 0 Å². The fourth-order valence-corrected chi connectivity index (χ4v) is 4.86.